The van der Waals surface area contributed by atoms with Crippen molar-refractivity contribution < 1.29 is 4.74 Å². The molecule has 0 bridgehead atoms. The summed E-state index contributed by atoms with van der Waals surface area (Å²) in [7, 11) is 0. The third kappa shape index (κ3) is 2.71. The molecule has 1 aliphatic rings. The van der Waals surface area contributed by atoms with Crippen LogP contribution in [0.15, 0.2) is 17.0 Å². The number of nitrogens with two attached hydrogens (primary N) is 1. The summed E-state index contributed by atoms with van der Waals surface area (Å²) in [6, 6.07) is 0. The minimum Gasteiger partial charge on any atom is -0.473 e. The molecule has 1 aromatic rings. The van der Waals surface area contributed by atoms with Gasteiger partial charge in [0.25, 0.3) is 0 Å². The number of hydrogen-bond donors (Lipinski definition) is 1. The molecule has 4 nitrogen and oxygen atoms in total. The van der Waals surface area contributed by atoms with Gasteiger partial charge in [0.15, 0.2) is 0 Å². The molecule has 2 rings (SSSR count). The number of halogens is 1. The summed E-state index contributed by atoms with van der Waals surface area (Å²) < 4.78 is 6.71. The number of ether oxygens (including phenoxy) is 1. The maximum absolute atomic E-state index is 5.91. The third-order valence-electron chi connectivity index (χ3n) is 3.04. The second kappa shape index (κ2) is 5.59. The molecule has 0 amide bonds. The predicted octanol–water partition coefficient (Wildman–Crippen LogP) is 2.14. The highest BCUT2D eigenvalue weighted by Crippen LogP contribution is 2.29. The molecule has 1 aliphatic carbocycles. The fourth-order valence-corrected chi connectivity index (χ4v) is 2.44. The maximum atomic E-state index is 5.91. The first kappa shape index (κ1) is 11.8. The van der Waals surface area contributed by atoms with Crippen LogP contribution < -0.4 is 10.5 Å². The molecule has 1 heterocycles. The largest absolute Gasteiger partial charge is 0.473 e. The van der Waals surface area contributed by atoms with Crippen LogP contribution in [0.25, 0.3) is 0 Å². The average molecular weight is 286 g/mol. The Hall–Kier alpha value is -0.680. The van der Waals surface area contributed by atoms with Gasteiger partial charge in [-0.1, -0.05) is 6.42 Å². The topological polar surface area (TPSA) is 61.0 Å². The SMILES string of the molecule is NCC1CCCCC1Oc1ncncc1Br. The van der Waals surface area contributed by atoms with Crippen LogP contribution in [0, 0.1) is 5.92 Å². The molecule has 0 radical (unpaired) electrons. The van der Waals surface area contributed by atoms with E-state index in [1.807, 2.05) is 0 Å². The van der Waals surface area contributed by atoms with E-state index in [1.165, 1.54) is 19.2 Å². The van der Waals surface area contributed by atoms with Gasteiger partial charge in [0.2, 0.25) is 5.88 Å². The summed E-state index contributed by atoms with van der Waals surface area (Å²) in [4.78, 5) is 8.03. The lowest BCUT2D eigenvalue weighted by molar-refractivity contribution is 0.0913. The van der Waals surface area contributed by atoms with Gasteiger partial charge in [-0.15, -0.1) is 0 Å². The standard InChI is InChI=1S/C11H16BrN3O/c12-9-6-14-7-15-11(9)16-10-4-2-1-3-8(10)5-13/h6-8,10H,1-5,13H2. The van der Waals surface area contributed by atoms with E-state index in [0.717, 1.165) is 17.3 Å². The highest BCUT2D eigenvalue weighted by atomic mass is 79.9. The van der Waals surface area contributed by atoms with Crippen LogP contribution in [-0.4, -0.2) is 22.6 Å². The predicted molar refractivity (Wildman–Crippen MR) is 65.2 cm³/mol. The first-order valence-corrected chi connectivity index (χ1v) is 6.43. The highest BCUT2D eigenvalue weighted by molar-refractivity contribution is 9.10. The molecule has 1 aromatic heterocycles. The molecule has 1 fully saturated rings. The van der Waals surface area contributed by atoms with Crippen molar-refractivity contribution in [3.63, 3.8) is 0 Å². The molecule has 16 heavy (non-hydrogen) atoms. The van der Waals surface area contributed by atoms with Crippen LogP contribution >= 0.6 is 15.9 Å². The lowest BCUT2D eigenvalue weighted by atomic mass is 9.86. The van der Waals surface area contributed by atoms with Crippen LogP contribution in [0.3, 0.4) is 0 Å². The zero-order valence-corrected chi connectivity index (χ0v) is 10.7. The molecule has 0 aromatic carbocycles. The van der Waals surface area contributed by atoms with Gasteiger partial charge in [-0.05, 0) is 41.7 Å². The monoisotopic (exact) mass is 285 g/mol. The molecule has 2 unspecified atom stereocenters. The van der Waals surface area contributed by atoms with Crippen LogP contribution in [0.5, 0.6) is 5.88 Å². The van der Waals surface area contributed by atoms with E-state index in [9.17, 15) is 0 Å². The van der Waals surface area contributed by atoms with Crippen LogP contribution in [0.2, 0.25) is 0 Å². The Morgan fingerprint density at radius 2 is 2.25 bits per heavy atom. The number of aromatic nitrogens is 2. The molecule has 1 saturated carbocycles. The van der Waals surface area contributed by atoms with Crippen LogP contribution in [0.4, 0.5) is 0 Å². The van der Waals surface area contributed by atoms with Gasteiger partial charge in [0.1, 0.15) is 12.4 Å². The highest BCUT2D eigenvalue weighted by Gasteiger charge is 2.26. The Labute approximate surface area is 104 Å². The van der Waals surface area contributed by atoms with Crippen molar-refractivity contribution in [2.75, 3.05) is 6.54 Å². The first-order chi connectivity index (χ1) is 7.81. The number of hydrogen-bond acceptors (Lipinski definition) is 4. The molecular weight excluding hydrogens is 270 g/mol. The van der Waals surface area contributed by atoms with Gasteiger partial charge in [-0.25, -0.2) is 9.97 Å². The fraction of sp³-hybridized carbons (Fsp3) is 0.636. The minimum atomic E-state index is 0.199. The summed E-state index contributed by atoms with van der Waals surface area (Å²) >= 11 is 3.38. The Morgan fingerprint density at radius 1 is 1.44 bits per heavy atom. The van der Waals surface area contributed by atoms with E-state index in [1.54, 1.807) is 6.20 Å². The van der Waals surface area contributed by atoms with Crippen molar-refractivity contribution in [1.82, 2.24) is 9.97 Å². The smallest absolute Gasteiger partial charge is 0.231 e. The summed E-state index contributed by atoms with van der Waals surface area (Å²) in [6.45, 7) is 0.688. The van der Waals surface area contributed by atoms with Crippen molar-refractivity contribution >= 4 is 15.9 Å². The fourth-order valence-electron chi connectivity index (χ4n) is 2.13. The van der Waals surface area contributed by atoms with E-state index < -0.39 is 0 Å². The minimum absolute atomic E-state index is 0.199. The van der Waals surface area contributed by atoms with Gasteiger partial charge in [-0.2, -0.15) is 0 Å². The van der Waals surface area contributed by atoms with Gasteiger partial charge >= 0.3 is 0 Å². The van der Waals surface area contributed by atoms with E-state index in [4.69, 9.17) is 10.5 Å². The molecule has 88 valence electrons. The molecule has 0 aliphatic heterocycles. The summed E-state index contributed by atoms with van der Waals surface area (Å²) in [6.07, 6.45) is 8.09. The molecular formula is C11H16BrN3O. The van der Waals surface area contributed by atoms with Crippen molar-refractivity contribution in [1.29, 1.82) is 0 Å². The van der Waals surface area contributed by atoms with Crippen molar-refractivity contribution in [2.45, 2.75) is 31.8 Å². The second-order valence-electron chi connectivity index (χ2n) is 4.11. The second-order valence-corrected chi connectivity index (χ2v) is 4.97. The Balaban J connectivity index is 2.05. The summed E-state index contributed by atoms with van der Waals surface area (Å²) in [5.41, 5.74) is 5.76. The van der Waals surface area contributed by atoms with Crippen molar-refractivity contribution in [3.8, 4) is 5.88 Å². The lowest BCUT2D eigenvalue weighted by Crippen LogP contribution is -2.35. The molecule has 0 saturated heterocycles. The van der Waals surface area contributed by atoms with Gasteiger partial charge < -0.3 is 10.5 Å². The number of rotatable bonds is 3. The summed E-state index contributed by atoms with van der Waals surface area (Å²) in [5.74, 6) is 1.08. The van der Waals surface area contributed by atoms with Crippen LogP contribution in [-0.2, 0) is 0 Å². The zero-order valence-electron chi connectivity index (χ0n) is 9.10. The van der Waals surface area contributed by atoms with Gasteiger partial charge in [0.05, 0.1) is 4.47 Å². The maximum Gasteiger partial charge on any atom is 0.231 e. The van der Waals surface area contributed by atoms with E-state index >= 15 is 0 Å². The number of nitrogens with zero attached hydrogens (tertiary/aromatic N) is 2. The Bertz CT molecular complexity index is 348. The van der Waals surface area contributed by atoms with Crippen molar-refractivity contribution in [3.05, 3.63) is 17.0 Å². The molecule has 2 atom stereocenters. The quantitative estimate of drug-likeness (QED) is 0.924. The van der Waals surface area contributed by atoms with E-state index in [0.29, 0.717) is 18.3 Å². The molecule has 5 heteroatoms. The van der Waals surface area contributed by atoms with Gasteiger partial charge in [0, 0.05) is 12.1 Å². The van der Waals surface area contributed by atoms with Crippen LogP contribution in [0.1, 0.15) is 25.7 Å². The average Bonchev–Trinajstić information content (AvgIpc) is 2.33. The third-order valence-corrected chi connectivity index (χ3v) is 3.58. The lowest BCUT2D eigenvalue weighted by Gasteiger charge is -2.30. The van der Waals surface area contributed by atoms with E-state index in [-0.39, 0.29) is 6.10 Å². The first-order valence-electron chi connectivity index (χ1n) is 5.63. The zero-order chi connectivity index (χ0) is 11.4. The Morgan fingerprint density at radius 3 is 3.00 bits per heavy atom. The molecule has 2 N–H and O–H groups in total. The van der Waals surface area contributed by atoms with E-state index in [2.05, 4.69) is 25.9 Å². The molecule has 0 spiro atoms. The normalized spacial score (nSPS) is 25.4. The summed E-state index contributed by atoms with van der Waals surface area (Å²) in [5, 5.41) is 0. The van der Waals surface area contributed by atoms with Gasteiger partial charge in [-0.3, -0.25) is 0 Å². The Kier molecular flexibility index (Phi) is 4.12. The van der Waals surface area contributed by atoms with Crippen molar-refractivity contribution in [2.24, 2.45) is 11.7 Å².